The van der Waals surface area contributed by atoms with Gasteiger partial charge in [-0.3, -0.25) is 0 Å². The molecule has 96 valence electrons. The van der Waals surface area contributed by atoms with Gasteiger partial charge in [0, 0.05) is 6.54 Å². The number of rotatable bonds is 5. The molecule has 1 heterocycles. The van der Waals surface area contributed by atoms with Crippen LogP contribution in [0.4, 0.5) is 11.5 Å². The highest BCUT2D eigenvalue weighted by Crippen LogP contribution is 2.24. The van der Waals surface area contributed by atoms with Crippen LogP contribution in [0.2, 0.25) is 0 Å². The molecule has 0 saturated carbocycles. The van der Waals surface area contributed by atoms with Gasteiger partial charge in [0.1, 0.15) is 11.4 Å². The van der Waals surface area contributed by atoms with Crippen LogP contribution in [-0.4, -0.2) is 17.1 Å². The molecule has 0 atom stereocenters. The van der Waals surface area contributed by atoms with Gasteiger partial charge < -0.3 is 15.8 Å². The molecule has 17 heavy (non-hydrogen) atoms. The Morgan fingerprint density at radius 2 is 2.06 bits per heavy atom. The van der Waals surface area contributed by atoms with Crippen LogP contribution in [0.3, 0.4) is 0 Å². The minimum absolute atomic E-state index is 0.289. The third-order valence-corrected chi connectivity index (χ3v) is 2.13. The van der Waals surface area contributed by atoms with Gasteiger partial charge in [0.05, 0.1) is 5.69 Å². The lowest BCUT2D eigenvalue weighted by molar-refractivity contribution is 0.125. The van der Waals surface area contributed by atoms with Gasteiger partial charge >= 0.3 is 0 Å². The van der Waals surface area contributed by atoms with E-state index in [1.54, 1.807) is 0 Å². The summed E-state index contributed by atoms with van der Waals surface area (Å²) >= 11 is 0. The van der Waals surface area contributed by atoms with E-state index in [2.05, 4.69) is 17.2 Å². The van der Waals surface area contributed by atoms with Crippen molar-refractivity contribution in [3.8, 4) is 5.88 Å². The number of hydrogen-bond donors (Lipinski definition) is 2. The third-order valence-electron chi connectivity index (χ3n) is 2.13. The van der Waals surface area contributed by atoms with E-state index < -0.39 is 0 Å². The van der Waals surface area contributed by atoms with Crippen molar-refractivity contribution in [2.45, 2.75) is 46.1 Å². The average Bonchev–Trinajstić information content (AvgIpc) is 2.21. The minimum Gasteiger partial charge on any atom is -0.470 e. The fourth-order valence-electron chi connectivity index (χ4n) is 1.31. The van der Waals surface area contributed by atoms with Gasteiger partial charge in [-0.1, -0.05) is 13.3 Å². The molecule has 0 fully saturated rings. The molecule has 0 aliphatic rings. The number of unbranched alkanes of at least 4 members (excludes halogenated alkanes) is 1. The number of anilines is 2. The molecule has 0 amide bonds. The molecule has 0 radical (unpaired) electrons. The second kappa shape index (κ2) is 5.75. The molecular weight excluding hydrogens is 214 g/mol. The summed E-state index contributed by atoms with van der Waals surface area (Å²) in [7, 11) is 0. The summed E-state index contributed by atoms with van der Waals surface area (Å²) < 4.78 is 5.70. The van der Waals surface area contributed by atoms with E-state index in [4.69, 9.17) is 10.5 Å². The maximum Gasteiger partial charge on any atom is 0.239 e. The van der Waals surface area contributed by atoms with Crippen molar-refractivity contribution in [1.82, 2.24) is 4.98 Å². The molecule has 1 aromatic rings. The van der Waals surface area contributed by atoms with Crippen LogP contribution in [0, 0.1) is 0 Å². The summed E-state index contributed by atoms with van der Waals surface area (Å²) in [6.07, 6.45) is 2.29. The molecule has 0 spiro atoms. The van der Waals surface area contributed by atoms with E-state index in [-0.39, 0.29) is 5.60 Å². The Morgan fingerprint density at radius 1 is 1.35 bits per heavy atom. The predicted molar refractivity (Wildman–Crippen MR) is 72.4 cm³/mol. The highest BCUT2D eigenvalue weighted by Gasteiger charge is 2.15. The van der Waals surface area contributed by atoms with Gasteiger partial charge in [-0.25, -0.2) is 0 Å². The van der Waals surface area contributed by atoms with Gasteiger partial charge in [-0.2, -0.15) is 4.98 Å². The topological polar surface area (TPSA) is 60.2 Å². The van der Waals surface area contributed by atoms with Crippen molar-refractivity contribution in [2.24, 2.45) is 0 Å². The van der Waals surface area contributed by atoms with Crippen molar-refractivity contribution in [1.29, 1.82) is 0 Å². The molecule has 0 aromatic carbocycles. The number of nitrogen functional groups attached to an aromatic ring is 1. The maximum absolute atomic E-state index is 5.84. The fraction of sp³-hybridized carbons (Fsp3) is 0.615. The second-order valence-corrected chi connectivity index (χ2v) is 5.09. The fourth-order valence-corrected chi connectivity index (χ4v) is 1.31. The smallest absolute Gasteiger partial charge is 0.239 e. The summed E-state index contributed by atoms with van der Waals surface area (Å²) in [4.78, 5) is 4.37. The Morgan fingerprint density at radius 3 is 2.65 bits per heavy atom. The van der Waals surface area contributed by atoms with E-state index in [9.17, 15) is 0 Å². The van der Waals surface area contributed by atoms with Gasteiger partial charge in [0.2, 0.25) is 5.88 Å². The lowest BCUT2D eigenvalue weighted by Crippen LogP contribution is -2.24. The van der Waals surface area contributed by atoms with Crippen LogP contribution >= 0.6 is 0 Å². The first kappa shape index (κ1) is 13.6. The number of nitrogens with two attached hydrogens (primary N) is 1. The van der Waals surface area contributed by atoms with Gasteiger partial charge in [-0.05, 0) is 39.3 Å². The number of hydrogen-bond acceptors (Lipinski definition) is 4. The van der Waals surface area contributed by atoms with Crippen LogP contribution in [0.5, 0.6) is 5.88 Å². The van der Waals surface area contributed by atoms with E-state index in [0.29, 0.717) is 11.6 Å². The summed E-state index contributed by atoms with van der Waals surface area (Å²) in [6.45, 7) is 9.01. The van der Waals surface area contributed by atoms with Crippen LogP contribution in [-0.2, 0) is 0 Å². The largest absolute Gasteiger partial charge is 0.470 e. The maximum atomic E-state index is 5.84. The standard InChI is InChI=1S/C13H23N3O/c1-5-6-9-15-11-8-7-10(14)12(16-11)17-13(2,3)4/h7-8H,5-6,9,14H2,1-4H3,(H,15,16). The molecule has 1 aromatic heterocycles. The van der Waals surface area contributed by atoms with Crippen molar-refractivity contribution in [2.75, 3.05) is 17.6 Å². The Kier molecular flexibility index (Phi) is 4.61. The van der Waals surface area contributed by atoms with E-state index in [1.165, 1.54) is 0 Å². The van der Waals surface area contributed by atoms with Crippen LogP contribution in [0.1, 0.15) is 40.5 Å². The lowest BCUT2D eigenvalue weighted by Gasteiger charge is -2.21. The zero-order chi connectivity index (χ0) is 12.9. The highest BCUT2D eigenvalue weighted by molar-refractivity contribution is 5.53. The van der Waals surface area contributed by atoms with Crippen molar-refractivity contribution in [3.63, 3.8) is 0 Å². The predicted octanol–water partition coefficient (Wildman–Crippen LogP) is 3.05. The minimum atomic E-state index is -0.289. The molecule has 0 bridgehead atoms. The van der Waals surface area contributed by atoms with Crippen molar-refractivity contribution < 1.29 is 4.74 Å². The Balaban J connectivity index is 2.72. The first-order valence-corrected chi connectivity index (χ1v) is 6.12. The summed E-state index contributed by atoms with van der Waals surface area (Å²) in [5, 5.41) is 3.25. The molecule has 4 nitrogen and oxygen atoms in total. The third kappa shape index (κ3) is 4.93. The quantitative estimate of drug-likeness (QED) is 0.773. The number of nitrogens with one attached hydrogen (secondary N) is 1. The Labute approximate surface area is 104 Å². The zero-order valence-corrected chi connectivity index (χ0v) is 11.2. The summed E-state index contributed by atoms with van der Waals surface area (Å²) in [5.74, 6) is 1.31. The van der Waals surface area contributed by atoms with Crippen LogP contribution in [0.25, 0.3) is 0 Å². The molecule has 0 aliphatic heterocycles. The summed E-state index contributed by atoms with van der Waals surface area (Å²) in [5.41, 5.74) is 6.12. The first-order chi connectivity index (χ1) is 7.92. The number of aromatic nitrogens is 1. The van der Waals surface area contributed by atoms with Gasteiger partial charge in [-0.15, -0.1) is 0 Å². The number of pyridine rings is 1. The Hall–Kier alpha value is -1.45. The average molecular weight is 237 g/mol. The molecule has 1 rings (SSSR count). The molecular formula is C13H23N3O. The lowest BCUT2D eigenvalue weighted by atomic mass is 10.2. The van der Waals surface area contributed by atoms with Crippen LogP contribution in [0.15, 0.2) is 12.1 Å². The molecule has 0 aliphatic carbocycles. The summed E-state index contributed by atoms with van der Waals surface area (Å²) in [6, 6.07) is 3.70. The molecule has 4 heteroatoms. The molecule has 3 N–H and O–H groups in total. The first-order valence-electron chi connectivity index (χ1n) is 6.12. The SMILES string of the molecule is CCCCNc1ccc(N)c(OC(C)(C)C)n1. The van der Waals surface area contributed by atoms with Gasteiger partial charge in [0.25, 0.3) is 0 Å². The van der Waals surface area contributed by atoms with E-state index in [0.717, 1.165) is 25.2 Å². The number of nitrogens with zero attached hydrogens (tertiary/aromatic N) is 1. The van der Waals surface area contributed by atoms with E-state index >= 15 is 0 Å². The van der Waals surface area contributed by atoms with Crippen LogP contribution < -0.4 is 15.8 Å². The number of ether oxygens (including phenoxy) is 1. The van der Waals surface area contributed by atoms with E-state index in [1.807, 2.05) is 32.9 Å². The molecule has 0 unspecified atom stereocenters. The zero-order valence-electron chi connectivity index (χ0n) is 11.2. The normalized spacial score (nSPS) is 11.3. The van der Waals surface area contributed by atoms with Crippen molar-refractivity contribution >= 4 is 11.5 Å². The van der Waals surface area contributed by atoms with Gasteiger partial charge in [0.15, 0.2) is 0 Å². The monoisotopic (exact) mass is 237 g/mol. The Bertz CT molecular complexity index is 358. The molecule has 0 saturated heterocycles. The highest BCUT2D eigenvalue weighted by atomic mass is 16.5. The second-order valence-electron chi connectivity index (χ2n) is 5.09. The van der Waals surface area contributed by atoms with Crippen molar-refractivity contribution in [3.05, 3.63) is 12.1 Å².